The molecule has 1 aliphatic rings. The Kier molecular flexibility index (Phi) is 3.40. The van der Waals surface area contributed by atoms with Gasteiger partial charge in [0, 0.05) is 23.9 Å². The lowest BCUT2D eigenvalue weighted by atomic mass is 9.65. The van der Waals surface area contributed by atoms with E-state index in [9.17, 15) is 4.39 Å². The van der Waals surface area contributed by atoms with Gasteiger partial charge in [0.1, 0.15) is 17.7 Å². The summed E-state index contributed by atoms with van der Waals surface area (Å²) in [5.74, 6) is -0.0110. The van der Waals surface area contributed by atoms with Gasteiger partial charge in [0.15, 0.2) is 0 Å². The zero-order valence-corrected chi connectivity index (χ0v) is 12.0. The van der Waals surface area contributed by atoms with Crippen LogP contribution in [0, 0.1) is 11.2 Å². The van der Waals surface area contributed by atoms with Gasteiger partial charge in [-0.1, -0.05) is 25.4 Å². The average Bonchev–Trinajstić information content (AvgIpc) is 2.25. The van der Waals surface area contributed by atoms with Crippen LogP contribution in [0.5, 0.6) is 5.75 Å². The van der Waals surface area contributed by atoms with Crippen LogP contribution in [0.2, 0.25) is 5.02 Å². The smallest absolute Gasteiger partial charge is 0.145 e. The molecule has 2 N–H and O–H groups in total. The summed E-state index contributed by atoms with van der Waals surface area (Å²) in [5, 5.41) is 0.0776. The predicted molar refractivity (Wildman–Crippen MR) is 69.9 cm³/mol. The topological polar surface area (TPSA) is 35.2 Å². The van der Waals surface area contributed by atoms with Crippen molar-refractivity contribution in [3.8, 4) is 5.75 Å². The second-order valence-corrected chi connectivity index (χ2v) is 6.23. The van der Waals surface area contributed by atoms with E-state index in [0.717, 1.165) is 6.42 Å². The van der Waals surface area contributed by atoms with Gasteiger partial charge in [0.05, 0.1) is 9.50 Å². The first kappa shape index (κ1) is 13.1. The Morgan fingerprint density at radius 3 is 2.71 bits per heavy atom. The molecule has 1 aromatic rings. The van der Waals surface area contributed by atoms with E-state index in [1.165, 1.54) is 12.1 Å². The van der Waals surface area contributed by atoms with Gasteiger partial charge >= 0.3 is 0 Å². The van der Waals surface area contributed by atoms with Crippen LogP contribution in [-0.4, -0.2) is 12.1 Å². The quantitative estimate of drug-likeness (QED) is 0.842. The number of hydrogen-bond acceptors (Lipinski definition) is 2. The summed E-state index contributed by atoms with van der Waals surface area (Å²) in [6.45, 7) is 4.10. The molecule has 0 aromatic heterocycles. The van der Waals surface area contributed by atoms with Gasteiger partial charge in [-0.2, -0.15) is 0 Å². The van der Waals surface area contributed by atoms with Gasteiger partial charge in [0.25, 0.3) is 0 Å². The Labute approximate surface area is 113 Å². The van der Waals surface area contributed by atoms with E-state index in [2.05, 4.69) is 15.9 Å². The maximum Gasteiger partial charge on any atom is 0.145 e. The molecule has 0 heterocycles. The van der Waals surface area contributed by atoms with E-state index in [-0.39, 0.29) is 22.6 Å². The fourth-order valence-corrected chi connectivity index (χ4v) is 2.60. The number of hydrogen-bond donors (Lipinski definition) is 1. The maximum atomic E-state index is 13.3. The minimum atomic E-state index is -0.480. The fourth-order valence-electron chi connectivity index (χ4n) is 1.86. The van der Waals surface area contributed by atoms with E-state index in [1.807, 2.05) is 13.8 Å². The van der Waals surface area contributed by atoms with Crippen LogP contribution in [0.3, 0.4) is 0 Å². The number of rotatable bonds is 2. The SMILES string of the molecule is CC1(C)C(N)CC1Oc1cc(F)c(Cl)cc1Br. The van der Waals surface area contributed by atoms with Crippen molar-refractivity contribution in [1.82, 2.24) is 0 Å². The molecule has 0 radical (unpaired) electrons. The maximum absolute atomic E-state index is 13.3. The van der Waals surface area contributed by atoms with E-state index in [4.69, 9.17) is 22.1 Å². The molecule has 2 atom stereocenters. The van der Waals surface area contributed by atoms with Gasteiger partial charge < -0.3 is 10.5 Å². The third kappa shape index (κ3) is 2.30. The molecule has 0 amide bonds. The first-order valence-corrected chi connectivity index (χ1v) is 6.56. The zero-order chi connectivity index (χ0) is 12.8. The number of ether oxygens (including phenoxy) is 1. The highest BCUT2D eigenvalue weighted by Gasteiger charge is 2.48. The minimum absolute atomic E-state index is 0.00868. The summed E-state index contributed by atoms with van der Waals surface area (Å²) in [6, 6.07) is 2.92. The average molecular weight is 323 g/mol. The van der Waals surface area contributed by atoms with Crippen LogP contribution in [-0.2, 0) is 0 Å². The van der Waals surface area contributed by atoms with Crippen LogP contribution < -0.4 is 10.5 Å². The molecule has 2 rings (SSSR count). The molecular formula is C12H14BrClFNO. The lowest BCUT2D eigenvalue weighted by molar-refractivity contribution is -0.0405. The summed E-state index contributed by atoms with van der Waals surface area (Å²) in [6.07, 6.45) is 0.790. The van der Waals surface area contributed by atoms with E-state index in [0.29, 0.717) is 10.2 Å². The van der Waals surface area contributed by atoms with E-state index < -0.39 is 5.82 Å². The van der Waals surface area contributed by atoms with E-state index in [1.54, 1.807) is 0 Å². The zero-order valence-electron chi connectivity index (χ0n) is 9.64. The number of halogens is 3. The first-order chi connectivity index (χ1) is 7.82. The molecule has 94 valence electrons. The van der Waals surface area contributed by atoms with Crippen molar-refractivity contribution < 1.29 is 9.13 Å². The van der Waals surface area contributed by atoms with Crippen molar-refractivity contribution in [2.24, 2.45) is 11.1 Å². The van der Waals surface area contributed by atoms with Crippen molar-refractivity contribution >= 4 is 27.5 Å². The molecule has 1 aromatic carbocycles. The Bertz CT molecular complexity index is 452. The highest BCUT2D eigenvalue weighted by atomic mass is 79.9. The predicted octanol–water partition coefficient (Wildman–Crippen LogP) is 3.75. The molecule has 0 bridgehead atoms. The largest absolute Gasteiger partial charge is 0.488 e. The van der Waals surface area contributed by atoms with Gasteiger partial charge in [-0.15, -0.1) is 0 Å². The van der Waals surface area contributed by atoms with Crippen molar-refractivity contribution in [3.63, 3.8) is 0 Å². The number of benzene rings is 1. The molecule has 17 heavy (non-hydrogen) atoms. The molecule has 0 saturated heterocycles. The monoisotopic (exact) mass is 321 g/mol. The first-order valence-electron chi connectivity index (χ1n) is 5.39. The second-order valence-electron chi connectivity index (χ2n) is 4.97. The normalized spacial score (nSPS) is 26.5. The van der Waals surface area contributed by atoms with Crippen molar-refractivity contribution in [3.05, 3.63) is 27.4 Å². The third-order valence-corrected chi connectivity index (χ3v) is 4.41. The highest BCUT2D eigenvalue weighted by molar-refractivity contribution is 9.10. The minimum Gasteiger partial charge on any atom is -0.488 e. The van der Waals surface area contributed by atoms with Crippen LogP contribution in [0.1, 0.15) is 20.3 Å². The summed E-state index contributed by atoms with van der Waals surface area (Å²) in [7, 11) is 0. The Morgan fingerprint density at radius 2 is 2.18 bits per heavy atom. The van der Waals surface area contributed by atoms with Crippen LogP contribution in [0.4, 0.5) is 4.39 Å². The summed E-state index contributed by atoms with van der Waals surface area (Å²) in [4.78, 5) is 0. The summed E-state index contributed by atoms with van der Waals surface area (Å²) >= 11 is 8.98. The van der Waals surface area contributed by atoms with Gasteiger partial charge in [-0.05, 0) is 22.0 Å². The third-order valence-electron chi connectivity index (χ3n) is 3.50. The summed E-state index contributed by atoms with van der Waals surface area (Å²) < 4.78 is 19.8. The molecule has 0 aliphatic heterocycles. The van der Waals surface area contributed by atoms with Crippen molar-refractivity contribution in [1.29, 1.82) is 0 Å². The lowest BCUT2D eigenvalue weighted by Gasteiger charge is -2.49. The van der Waals surface area contributed by atoms with Gasteiger partial charge in [0.2, 0.25) is 0 Å². The molecule has 2 nitrogen and oxygen atoms in total. The van der Waals surface area contributed by atoms with Crippen molar-refractivity contribution in [2.75, 3.05) is 0 Å². The standard InChI is InChI=1S/C12H14BrClFNO/c1-12(2)10(16)5-11(12)17-9-4-8(15)7(14)3-6(9)13/h3-4,10-11H,5,16H2,1-2H3. The van der Waals surface area contributed by atoms with Gasteiger partial charge in [-0.25, -0.2) is 4.39 Å². The molecule has 1 fully saturated rings. The lowest BCUT2D eigenvalue weighted by Crippen LogP contribution is -2.60. The van der Waals surface area contributed by atoms with Crippen LogP contribution in [0.25, 0.3) is 0 Å². The summed E-state index contributed by atoms with van der Waals surface area (Å²) in [5.41, 5.74) is 5.82. The van der Waals surface area contributed by atoms with Crippen LogP contribution >= 0.6 is 27.5 Å². The second kappa shape index (κ2) is 4.41. The van der Waals surface area contributed by atoms with Crippen LogP contribution in [0.15, 0.2) is 16.6 Å². The molecule has 0 spiro atoms. The Hall–Kier alpha value is -0.320. The fraction of sp³-hybridized carbons (Fsp3) is 0.500. The van der Waals surface area contributed by atoms with E-state index >= 15 is 0 Å². The van der Waals surface area contributed by atoms with Crippen molar-refractivity contribution in [2.45, 2.75) is 32.4 Å². The molecular weight excluding hydrogens is 308 g/mol. The Morgan fingerprint density at radius 1 is 1.53 bits per heavy atom. The number of nitrogens with two attached hydrogens (primary N) is 1. The highest BCUT2D eigenvalue weighted by Crippen LogP contribution is 2.43. The van der Waals surface area contributed by atoms with Gasteiger partial charge in [-0.3, -0.25) is 0 Å². The molecule has 1 saturated carbocycles. The molecule has 5 heteroatoms. The Balaban J connectivity index is 2.18. The molecule has 1 aliphatic carbocycles. The molecule has 2 unspecified atom stereocenters.